The lowest BCUT2D eigenvalue weighted by Crippen LogP contribution is -2.17. The van der Waals surface area contributed by atoms with Gasteiger partial charge in [-0.3, -0.25) is 4.55 Å². The quantitative estimate of drug-likeness (QED) is 0.855. The Hall–Kier alpha value is -0.870. The Morgan fingerprint density at radius 2 is 1.89 bits per heavy atom. The fourth-order valence-electron chi connectivity index (χ4n) is 2.96. The van der Waals surface area contributed by atoms with E-state index >= 15 is 0 Å². The Kier molecular flexibility index (Phi) is 3.52. The van der Waals surface area contributed by atoms with Gasteiger partial charge in [-0.15, -0.1) is 0 Å². The number of hydrogen-bond donors (Lipinski definition) is 1. The number of aryl methyl sites for hydroxylation is 1. The Morgan fingerprint density at radius 1 is 1.28 bits per heavy atom. The largest absolute Gasteiger partial charge is 0.294 e. The zero-order valence-corrected chi connectivity index (χ0v) is 11.8. The van der Waals surface area contributed by atoms with Crippen LogP contribution in [0.4, 0.5) is 0 Å². The summed E-state index contributed by atoms with van der Waals surface area (Å²) in [6.45, 7) is 4.14. The molecule has 0 aromatic heterocycles. The van der Waals surface area contributed by atoms with Crippen LogP contribution in [0.2, 0.25) is 0 Å². The van der Waals surface area contributed by atoms with E-state index in [9.17, 15) is 13.0 Å². The van der Waals surface area contributed by atoms with Gasteiger partial charge in [0.15, 0.2) is 0 Å². The predicted octanol–water partition coefficient (Wildman–Crippen LogP) is 3.36. The molecule has 1 aliphatic rings. The molecule has 1 saturated carbocycles. The second-order valence-corrected chi connectivity index (χ2v) is 7.17. The maximum atomic E-state index is 11.4. The summed E-state index contributed by atoms with van der Waals surface area (Å²) < 4.78 is 32.1. The standard InChI is InChI=1S/C14H20O3S/c1-11-5-6-13(18(15,16)17)12(9-11)10-14(2)7-3-4-8-14/h5-6,9H,3-4,7-8,10H2,1-2H3,(H,15,16,17). The fraction of sp³-hybridized carbons (Fsp3) is 0.571. The normalized spacial score (nSPS) is 19.1. The average molecular weight is 268 g/mol. The molecule has 1 fully saturated rings. The van der Waals surface area contributed by atoms with Crippen molar-refractivity contribution in [1.29, 1.82) is 0 Å². The third-order valence-corrected chi connectivity index (χ3v) is 4.88. The maximum Gasteiger partial charge on any atom is 0.294 e. The highest BCUT2D eigenvalue weighted by Gasteiger charge is 2.30. The summed E-state index contributed by atoms with van der Waals surface area (Å²) in [5.74, 6) is 0. The molecule has 1 aromatic carbocycles. The Balaban J connectivity index is 2.40. The van der Waals surface area contributed by atoms with Crippen LogP contribution in [-0.2, 0) is 16.5 Å². The summed E-state index contributed by atoms with van der Waals surface area (Å²) in [6.07, 6.45) is 5.41. The highest BCUT2D eigenvalue weighted by atomic mass is 32.2. The van der Waals surface area contributed by atoms with Crippen LogP contribution in [0, 0.1) is 12.3 Å². The zero-order valence-electron chi connectivity index (χ0n) is 10.9. The van der Waals surface area contributed by atoms with Crippen molar-refractivity contribution in [3.63, 3.8) is 0 Å². The summed E-state index contributed by atoms with van der Waals surface area (Å²) >= 11 is 0. The molecule has 1 aliphatic carbocycles. The molecule has 0 aliphatic heterocycles. The van der Waals surface area contributed by atoms with Gasteiger partial charge < -0.3 is 0 Å². The summed E-state index contributed by atoms with van der Waals surface area (Å²) in [7, 11) is -4.12. The smallest absolute Gasteiger partial charge is 0.282 e. The van der Waals surface area contributed by atoms with Crippen LogP contribution >= 0.6 is 0 Å². The zero-order chi connectivity index (χ0) is 13.4. The molecule has 0 radical (unpaired) electrons. The third-order valence-electron chi connectivity index (χ3n) is 3.92. The lowest BCUT2D eigenvalue weighted by molar-refractivity contribution is 0.331. The van der Waals surface area contributed by atoms with Crippen LogP contribution in [0.5, 0.6) is 0 Å². The van der Waals surface area contributed by atoms with Gasteiger partial charge in [0.05, 0.1) is 4.90 Å². The minimum Gasteiger partial charge on any atom is -0.282 e. The second kappa shape index (κ2) is 4.67. The second-order valence-electron chi connectivity index (χ2n) is 5.78. The van der Waals surface area contributed by atoms with Crippen LogP contribution in [0.25, 0.3) is 0 Å². The molecular weight excluding hydrogens is 248 g/mol. The predicted molar refractivity (Wildman–Crippen MR) is 71.3 cm³/mol. The molecule has 0 atom stereocenters. The molecule has 2 rings (SSSR count). The van der Waals surface area contributed by atoms with Gasteiger partial charge >= 0.3 is 0 Å². The van der Waals surface area contributed by atoms with Crippen LogP contribution in [0.15, 0.2) is 23.1 Å². The van der Waals surface area contributed by atoms with E-state index in [2.05, 4.69) is 6.92 Å². The van der Waals surface area contributed by atoms with Crippen molar-refractivity contribution in [3.05, 3.63) is 29.3 Å². The number of hydrogen-bond acceptors (Lipinski definition) is 2. The van der Waals surface area contributed by atoms with Crippen LogP contribution in [0.3, 0.4) is 0 Å². The molecule has 0 unspecified atom stereocenters. The third kappa shape index (κ3) is 2.93. The highest BCUT2D eigenvalue weighted by Crippen LogP contribution is 2.41. The highest BCUT2D eigenvalue weighted by molar-refractivity contribution is 7.85. The van der Waals surface area contributed by atoms with E-state index in [4.69, 9.17) is 0 Å². The lowest BCUT2D eigenvalue weighted by Gasteiger charge is -2.24. The van der Waals surface area contributed by atoms with Gasteiger partial charge in [-0.1, -0.05) is 37.5 Å². The van der Waals surface area contributed by atoms with Crippen LogP contribution in [-0.4, -0.2) is 13.0 Å². The lowest BCUT2D eigenvalue weighted by atomic mass is 9.82. The molecule has 4 heteroatoms. The van der Waals surface area contributed by atoms with Crippen molar-refractivity contribution in [2.24, 2.45) is 5.41 Å². The Labute approximate surface area is 109 Å². The maximum absolute atomic E-state index is 11.4. The molecule has 1 aromatic rings. The number of benzene rings is 1. The van der Waals surface area contributed by atoms with Gasteiger partial charge in [0.25, 0.3) is 10.1 Å². The first kappa shape index (κ1) is 13.6. The first-order chi connectivity index (χ1) is 8.30. The van der Waals surface area contributed by atoms with Gasteiger partial charge in [0.2, 0.25) is 0 Å². The number of rotatable bonds is 3. The molecule has 0 amide bonds. The molecule has 0 spiro atoms. The van der Waals surface area contributed by atoms with E-state index in [1.807, 2.05) is 13.0 Å². The van der Waals surface area contributed by atoms with Gasteiger partial charge in [-0.25, -0.2) is 0 Å². The van der Waals surface area contributed by atoms with E-state index in [1.54, 1.807) is 6.07 Å². The van der Waals surface area contributed by atoms with Gasteiger partial charge in [-0.05, 0) is 43.2 Å². The summed E-state index contributed by atoms with van der Waals surface area (Å²) in [5.41, 5.74) is 1.95. The SMILES string of the molecule is Cc1ccc(S(=O)(=O)O)c(CC2(C)CCCC2)c1. The monoisotopic (exact) mass is 268 g/mol. The average Bonchev–Trinajstić information content (AvgIpc) is 2.62. The molecule has 0 bridgehead atoms. The first-order valence-corrected chi connectivity index (χ1v) is 7.81. The summed E-state index contributed by atoms with van der Waals surface area (Å²) in [4.78, 5) is 0.0706. The molecule has 0 saturated heterocycles. The Morgan fingerprint density at radius 3 is 2.44 bits per heavy atom. The van der Waals surface area contributed by atoms with Gasteiger partial charge in [0, 0.05) is 0 Å². The summed E-state index contributed by atoms with van der Waals surface area (Å²) in [6, 6.07) is 5.12. The van der Waals surface area contributed by atoms with Crippen LogP contribution in [0.1, 0.15) is 43.7 Å². The molecule has 3 nitrogen and oxygen atoms in total. The van der Waals surface area contributed by atoms with E-state index in [0.29, 0.717) is 0 Å². The fourth-order valence-corrected chi connectivity index (χ4v) is 3.67. The van der Waals surface area contributed by atoms with Crippen molar-refractivity contribution in [2.45, 2.75) is 50.8 Å². The Bertz CT molecular complexity index is 540. The molecule has 0 heterocycles. The molecular formula is C14H20O3S. The van der Waals surface area contributed by atoms with E-state index < -0.39 is 10.1 Å². The van der Waals surface area contributed by atoms with Gasteiger partial charge in [0.1, 0.15) is 0 Å². The topological polar surface area (TPSA) is 54.4 Å². The van der Waals surface area contributed by atoms with Gasteiger partial charge in [-0.2, -0.15) is 8.42 Å². The van der Waals surface area contributed by atoms with Crippen molar-refractivity contribution in [3.8, 4) is 0 Å². The van der Waals surface area contributed by atoms with E-state index in [-0.39, 0.29) is 10.3 Å². The molecule has 1 N–H and O–H groups in total. The molecule has 18 heavy (non-hydrogen) atoms. The van der Waals surface area contributed by atoms with Crippen molar-refractivity contribution >= 4 is 10.1 Å². The minimum atomic E-state index is -4.12. The van der Waals surface area contributed by atoms with E-state index in [0.717, 1.165) is 30.4 Å². The van der Waals surface area contributed by atoms with Crippen molar-refractivity contribution in [1.82, 2.24) is 0 Å². The van der Waals surface area contributed by atoms with Crippen molar-refractivity contribution in [2.75, 3.05) is 0 Å². The van der Waals surface area contributed by atoms with E-state index in [1.165, 1.54) is 18.9 Å². The first-order valence-electron chi connectivity index (χ1n) is 6.37. The minimum absolute atomic E-state index is 0.0706. The van der Waals surface area contributed by atoms with Crippen molar-refractivity contribution < 1.29 is 13.0 Å². The summed E-state index contributed by atoms with van der Waals surface area (Å²) in [5, 5.41) is 0. The molecule has 100 valence electrons. The van der Waals surface area contributed by atoms with Crippen LogP contribution < -0.4 is 0 Å².